The molecule has 0 fully saturated rings. The lowest BCUT2D eigenvalue weighted by atomic mass is 9.99. The second-order valence-electron chi connectivity index (χ2n) is 6.52. The Balaban J connectivity index is 1.90. The molecule has 7 nitrogen and oxygen atoms in total. The van der Waals surface area contributed by atoms with E-state index in [1.165, 1.54) is 12.1 Å². The smallest absolute Gasteiger partial charge is 0.408 e. The molecule has 0 aliphatic carbocycles. The fraction of sp³-hybridized carbons (Fsp3) is 0.286. The zero-order valence-electron chi connectivity index (χ0n) is 16.3. The van der Waals surface area contributed by atoms with E-state index in [2.05, 4.69) is 16.2 Å². The summed E-state index contributed by atoms with van der Waals surface area (Å²) < 4.78 is 18.1. The lowest BCUT2D eigenvalue weighted by Crippen LogP contribution is -2.54. The maximum absolute atomic E-state index is 12.9. The third kappa shape index (κ3) is 6.91. The minimum absolute atomic E-state index is 0.0722. The number of rotatable bonds is 7. The average molecular weight is 401 g/mol. The summed E-state index contributed by atoms with van der Waals surface area (Å²) in [5.74, 6) is -1.87. The summed E-state index contributed by atoms with van der Waals surface area (Å²) in [6, 6.07) is 13.1. The highest BCUT2D eigenvalue weighted by molar-refractivity contribution is 5.96. The third-order valence-corrected chi connectivity index (χ3v) is 4.39. The van der Waals surface area contributed by atoms with Crippen molar-refractivity contribution in [2.75, 3.05) is 0 Å². The van der Waals surface area contributed by atoms with Gasteiger partial charge < -0.3 is 10.1 Å². The molecule has 2 atom stereocenters. The Morgan fingerprint density at radius 2 is 1.66 bits per heavy atom. The van der Waals surface area contributed by atoms with Crippen LogP contribution in [0.4, 0.5) is 9.18 Å². The number of alkyl carbamates (subject to hydrolysis) is 1. The molecule has 2 aromatic rings. The summed E-state index contributed by atoms with van der Waals surface area (Å²) in [5.41, 5.74) is 5.54. The van der Waals surface area contributed by atoms with Crippen molar-refractivity contribution in [1.82, 2.24) is 16.2 Å². The topological polar surface area (TPSA) is 96.5 Å². The summed E-state index contributed by atoms with van der Waals surface area (Å²) in [7, 11) is 0. The Morgan fingerprint density at radius 1 is 1.00 bits per heavy atom. The molecule has 0 aliphatic rings. The van der Waals surface area contributed by atoms with Crippen molar-refractivity contribution in [2.45, 2.75) is 32.9 Å². The van der Waals surface area contributed by atoms with Gasteiger partial charge in [0.25, 0.3) is 11.8 Å². The van der Waals surface area contributed by atoms with E-state index in [-0.39, 0.29) is 18.1 Å². The summed E-state index contributed by atoms with van der Waals surface area (Å²) in [6.07, 6.45) is -0.123. The Labute approximate surface area is 168 Å². The van der Waals surface area contributed by atoms with Crippen LogP contribution >= 0.6 is 0 Å². The number of amides is 3. The van der Waals surface area contributed by atoms with Gasteiger partial charge in [-0.3, -0.25) is 20.4 Å². The third-order valence-electron chi connectivity index (χ3n) is 4.39. The van der Waals surface area contributed by atoms with E-state index in [9.17, 15) is 18.8 Å². The second kappa shape index (κ2) is 10.8. The molecule has 3 N–H and O–H groups in total. The standard InChI is InChI=1S/C21H24FN3O4/c1-3-14(2)18(23-21(28)29-13-15-7-5-4-6-8-15)20(27)25-24-19(26)16-9-11-17(22)12-10-16/h4-12,14,18H,3,13H2,1-2H3,(H,23,28)(H,24,26)(H,25,27)/t14-,18-/m0/s1. The fourth-order valence-electron chi connectivity index (χ4n) is 2.46. The maximum atomic E-state index is 12.9. The normalized spacial score (nSPS) is 12.4. The molecule has 0 spiro atoms. The number of halogens is 1. The highest BCUT2D eigenvalue weighted by Gasteiger charge is 2.27. The summed E-state index contributed by atoms with van der Waals surface area (Å²) in [6.45, 7) is 3.74. The van der Waals surface area contributed by atoms with Gasteiger partial charge in [0.05, 0.1) is 0 Å². The van der Waals surface area contributed by atoms with Crippen LogP contribution in [0.2, 0.25) is 0 Å². The van der Waals surface area contributed by atoms with Gasteiger partial charge >= 0.3 is 6.09 Å². The second-order valence-corrected chi connectivity index (χ2v) is 6.52. The van der Waals surface area contributed by atoms with Gasteiger partial charge in [0.2, 0.25) is 0 Å². The number of hydrogen-bond acceptors (Lipinski definition) is 4. The highest BCUT2D eigenvalue weighted by Crippen LogP contribution is 2.09. The minimum Gasteiger partial charge on any atom is -0.445 e. The van der Waals surface area contributed by atoms with E-state index in [0.717, 1.165) is 17.7 Å². The SMILES string of the molecule is CC[C@H](C)[C@H](NC(=O)OCc1ccccc1)C(=O)NNC(=O)c1ccc(F)cc1. The van der Waals surface area contributed by atoms with Gasteiger partial charge in [-0.05, 0) is 35.7 Å². The van der Waals surface area contributed by atoms with Crippen LogP contribution < -0.4 is 16.2 Å². The van der Waals surface area contributed by atoms with Crippen LogP contribution in [0, 0.1) is 11.7 Å². The molecule has 0 unspecified atom stereocenters. The van der Waals surface area contributed by atoms with Gasteiger partial charge in [0.1, 0.15) is 18.5 Å². The minimum atomic E-state index is -0.906. The van der Waals surface area contributed by atoms with E-state index < -0.39 is 29.8 Å². The number of hydrazine groups is 1. The molecule has 3 amide bonds. The lowest BCUT2D eigenvalue weighted by molar-refractivity contribution is -0.125. The first-order valence-electron chi connectivity index (χ1n) is 9.23. The van der Waals surface area contributed by atoms with Crippen LogP contribution in [0.25, 0.3) is 0 Å². The van der Waals surface area contributed by atoms with E-state index >= 15 is 0 Å². The zero-order chi connectivity index (χ0) is 21.2. The predicted molar refractivity (Wildman–Crippen MR) is 105 cm³/mol. The van der Waals surface area contributed by atoms with Crippen LogP contribution in [0.15, 0.2) is 54.6 Å². The number of carbonyl (C=O) groups excluding carboxylic acids is 3. The molecular formula is C21H24FN3O4. The fourth-order valence-corrected chi connectivity index (χ4v) is 2.46. The van der Waals surface area contributed by atoms with Crippen LogP contribution in [0.5, 0.6) is 0 Å². The van der Waals surface area contributed by atoms with Gasteiger partial charge in [-0.1, -0.05) is 50.6 Å². The Kier molecular flexibility index (Phi) is 8.14. The summed E-state index contributed by atoms with van der Waals surface area (Å²) in [5, 5.41) is 2.53. The van der Waals surface area contributed by atoms with Crippen molar-refractivity contribution in [2.24, 2.45) is 5.92 Å². The zero-order valence-corrected chi connectivity index (χ0v) is 16.3. The number of hydrogen-bond donors (Lipinski definition) is 3. The van der Waals surface area contributed by atoms with Crippen molar-refractivity contribution >= 4 is 17.9 Å². The van der Waals surface area contributed by atoms with Crippen LogP contribution in [0.3, 0.4) is 0 Å². The van der Waals surface area contributed by atoms with Crippen molar-refractivity contribution in [1.29, 1.82) is 0 Å². The molecular weight excluding hydrogens is 377 g/mol. The molecule has 0 heterocycles. The molecule has 8 heteroatoms. The molecule has 0 saturated carbocycles. The molecule has 0 saturated heterocycles. The van der Waals surface area contributed by atoms with Crippen molar-refractivity contribution in [3.05, 3.63) is 71.5 Å². The average Bonchev–Trinajstić information content (AvgIpc) is 2.74. The molecule has 29 heavy (non-hydrogen) atoms. The Bertz CT molecular complexity index is 828. The molecule has 2 rings (SSSR count). The number of carbonyl (C=O) groups is 3. The van der Waals surface area contributed by atoms with Crippen LogP contribution in [-0.2, 0) is 16.1 Å². The van der Waals surface area contributed by atoms with Crippen molar-refractivity contribution in [3.8, 4) is 0 Å². The van der Waals surface area contributed by atoms with Gasteiger partial charge in [-0.2, -0.15) is 0 Å². The first-order valence-corrected chi connectivity index (χ1v) is 9.23. The van der Waals surface area contributed by atoms with Crippen molar-refractivity contribution < 1.29 is 23.5 Å². The van der Waals surface area contributed by atoms with E-state index in [1.54, 1.807) is 6.92 Å². The van der Waals surface area contributed by atoms with Crippen LogP contribution in [-0.4, -0.2) is 23.9 Å². The first-order chi connectivity index (χ1) is 13.9. The van der Waals surface area contributed by atoms with Gasteiger partial charge in [0.15, 0.2) is 0 Å². The number of nitrogens with one attached hydrogen (secondary N) is 3. The monoisotopic (exact) mass is 401 g/mol. The molecule has 0 aliphatic heterocycles. The first kappa shape index (κ1) is 21.9. The van der Waals surface area contributed by atoms with E-state index in [1.807, 2.05) is 37.3 Å². The maximum Gasteiger partial charge on any atom is 0.408 e. The van der Waals surface area contributed by atoms with Gasteiger partial charge in [-0.15, -0.1) is 0 Å². The Morgan fingerprint density at radius 3 is 2.28 bits per heavy atom. The molecule has 2 aromatic carbocycles. The van der Waals surface area contributed by atoms with Crippen molar-refractivity contribution in [3.63, 3.8) is 0 Å². The molecule has 0 radical (unpaired) electrons. The largest absolute Gasteiger partial charge is 0.445 e. The quantitative estimate of drug-likeness (QED) is 0.622. The van der Waals surface area contributed by atoms with E-state index in [4.69, 9.17) is 4.74 Å². The Hall–Kier alpha value is -3.42. The lowest BCUT2D eigenvalue weighted by Gasteiger charge is -2.23. The summed E-state index contributed by atoms with van der Waals surface area (Å²) >= 11 is 0. The van der Waals surface area contributed by atoms with Gasteiger partial charge in [0, 0.05) is 5.56 Å². The number of benzene rings is 2. The van der Waals surface area contributed by atoms with E-state index in [0.29, 0.717) is 6.42 Å². The molecule has 0 bridgehead atoms. The van der Waals surface area contributed by atoms with Gasteiger partial charge in [-0.25, -0.2) is 9.18 Å². The molecule has 0 aromatic heterocycles. The van der Waals surface area contributed by atoms with Crippen LogP contribution in [0.1, 0.15) is 36.2 Å². The highest BCUT2D eigenvalue weighted by atomic mass is 19.1. The predicted octanol–water partition coefficient (Wildman–Crippen LogP) is 2.93. The summed E-state index contributed by atoms with van der Waals surface area (Å²) in [4.78, 5) is 36.6. The molecule has 154 valence electrons. The number of ether oxygens (including phenoxy) is 1.